The van der Waals surface area contributed by atoms with Crippen LogP contribution in [0.2, 0.25) is 0 Å². The van der Waals surface area contributed by atoms with E-state index < -0.39 is 20.2 Å². The van der Waals surface area contributed by atoms with Crippen molar-refractivity contribution in [2.24, 2.45) is 0 Å². The summed E-state index contributed by atoms with van der Waals surface area (Å²) in [5.41, 5.74) is 0. The van der Waals surface area contributed by atoms with Gasteiger partial charge in [0, 0.05) is 26.1 Å². The van der Waals surface area contributed by atoms with Gasteiger partial charge in [0.1, 0.15) is 0 Å². The number of rotatable bonds is 4. The van der Waals surface area contributed by atoms with Gasteiger partial charge in [0.2, 0.25) is 0 Å². The Hall–Kier alpha value is -0.430. The molecule has 0 amide bonds. The Morgan fingerprint density at radius 3 is 2.05 bits per heavy atom. The fourth-order valence-corrected chi connectivity index (χ4v) is 5.24. The van der Waals surface area contributed by atoms with Crippen molar-refractivity contribution in [3.63, 3.8) is 0 Å². The minimum absolute atomic E-state index is 0.0418. The lowest BCUT2D eigenvalue weighted by molar-refractivity contribution is 0.246. The van der Waals surface area contributed by atoms with Crippen LogP contribution in [0, 0.1) is 11.8 Å². The van der Waals surface area contributed by atoms with Crippen LogP contribution in [0.1, 0.15) is 20.3 Å². The van der Waals surface area contributed by atoms with Crippen LogP contribution in [-0.4, -0.2) is 60.0 Å². The molecule has 0 atom stereocenters. The molecule has 1 aliphatic rings. The summed E-state index contributed by atoms with van der Waals surface area (Å²) in [5, 5.41) is 5.12. The van der Waals surface area contributed by atoms with E-state index in [4.69, 9.17) is 5.41 Å². The third-order valence-electron chi connectivity index (χ3n) is 3.20. The highest BCUT2D eigenvalue weighted by atomic mass is 31.2. The van der Waals surface area contributed by atoms with E-state index in [1.165, 1.54) is 4.90 Å². The standard InChI is InChI=1S/C9H19N3O6P2/c1-3-11(4-2)8(10)12-7-5-6-9(12,19(13,14)15)20(16,17)18/h10H,3-5,7H2,1-2H3,(H2,13,14,15)(H2,16,17,18). The first-order valence-electron chi connectivity index (χ1n) is 6.00. The summed E-state index contributed by atoms with van der Waals surface area (Å²) in [5.74, 6) is -0.327. The predicted molar refractivity (Wildman–Crippen MR) is 72.0 cm³/mol. The molecule has 0 aromatic heterocycles. The van der Waals surface area contributed by atoms with Crippen LogP contribution in [0.25, 0.3) is 0 Å². The van der Waals surface area contributed by atoms with Crippen LogP contribution in [0.4, 0.5) is 0 Å². The smallest absolute Gasteiger partial charge is 0.344 e. The first-order valence-corrected chi connectivity index (χ1v) is 9.22. The Labute approximate surface area is 117 Å². The van der Waals surface area contributed by atoms with Crippen molar-refractivity contribution in [3.8, 4) is 0 Å². The quantitative estimate of drug-likeness (QED) is 0.277. The van der Waals surface area contributed by atoms with Gasteiger partial charge in [-0.3, -0.25) is 14.5 Å². The summed E-state index contributed by atoms with van der Waals surface area (Å²) in [6, 6.07) is 0. The molecule has 116 valence electrons. The molecule has 5 N–H and O–H groups in total. The Morgan fingerprint density at radius 1 is 1.25 bits per heavy atom. The number of guanidine groups is 1. The molecule has 2 radical (unpaired) electrons. The number of hydrogen-bond donors (Lipinski definition) is 5. The second kappa shape index (κ2) is 5.75. The summed E-state index contributed by atoms with van der Waals surface area (Å²) in [7, 11) is -10.5. The maximum atomic E-state index is 11.7. The molecule has 1 aliphatic heterocycles. The molecule has 1 fully saturated rings. The summed E-state index contributed by atoms with van der Waals surface area (Å²) in [6.45, 7) is 4.15. The predicted octanol–water partition coefficient (Wildman–Crippen LogP) is 0.0592. The summed E-state index contributed by atoms with van der Waals surface area (Å²) in [6.07, 6.45) is 2.17. The van der Waals surface area contributed by atoms with E-state index in [0.717, 1.165) is 4.90 Å². The minimum Gasteiger partial charge on any atom is -0.344 e. The van der Waals surface area contributed by atoms with Gasteiger partial charge in [0.25, 0.3) is 5.02 Å². The van der Waals surface area contributed by atoms with Gasteiger partial charge in [-0.25, -0.2) is 0 Å². The second-order valence-corrected chi connectivity index (χ2v) is 8.12. The van der Waals surface area contributed by atoms with E-state index in [1.807, 2.05) is 0 Å². The van der Waals surface area contributed by atoms with Crippen LogP contribution in [-0.2, 0) is 9.13 Å². The topological polar surface area (TPSA) is 145 Å². The van der Waals surface area contributed by atoms with Crippen molar-refractivity contribution in [3.05, 3.63) is 6.42 Å². The van der Waals surface area contributed by atoms with Crippen LogP contribution in [0.15, 0.2) is 0 Å². The number of nitrogens with one attached hydrogen (secondary N) is 1. The van der Waals surface area contributed by atoms with E-state index in [-0.39, 0.29) is 18.9 Å². The molecule has 0 aromatic rings. The fraction of sp³-hybridized carbons (Fsp3) is 0.778. The highest BCUT2D eigenvalue weighted by Crippen LogP contribution is 2.73. The molecule has 11 heteroatoms. The first-order chi connectivity index (χ1) is 9.03. The number of hydrogen-bond acceptors (Lipinski definition) is 3. The van der Waals surface area contributed by atoms with Gasteiger partial charge >= 0.3 is 15.2 Å². The fourth-order valence-electron chi connectivity index (χ4n) is 2.22. The van der Waals surface area contributed by atoms with Crippen molar-refractivity contribution in [2.75, 3.05) is 19.6 Å². The zero-order valence-corrected chi connectivity index (χ0v) is 13.0. The number of nitrogens with zero attached hydrogens (tertiary/aromatic N) is 2. The van der Waals surface area contributed by atoms with Crippen LogP contribution < -0.4 is 0 Å². The van der Waals surface area contributed by atoms with E-state index in [0.29, 0.717) is 13.1 Å². The van der Waals surface area contributed by atoms with Crippen LogP contribution in [0.5, 0.6) is 0 Å². The summed E-state index contributed by atoms with van der Waals surface area (Å²) in [4.78, 5) is 40.0. The van der Waals surface area contributed by atoms with Crippen molar-refractivity contribution in [1.82, 2.24) is 9.80 Å². The molecule has 20 heavy (non-hydrogen) atoms. The van der Waals surface area contributed by atoms with Gasteiger partial charge in [-0.1, -0.05) is 0 Å². The normalized spacial score (nSPS) is 19.2. The van der Waals surface area contributed by atoms with Gasteiger partial charge in [-0.2, -0.15) is 0 Å². The minimum atomic E-state index is -5.25. The molecule has 0 bridgehead atoms. The lowest BCUT2D eigenvalue weighted by atomic mass is 10.4. The molecule has 0 spiro atoms. The molecule has 0 aromatic carbocycles. The van der Waals surface area contributed by atoms with E-state index in [9.17, 15) is 28.7 Å². The largest absolute Gasteiger partial charge is 0.364 e. The molecule has 1 rings (SSSR count). The Balaban J connectivity index is 3.35. The third kappa shape index (κ3) is 2.66. The number of likely N-dealkylation sites (tertiary alicyclic amines) is 1. The van der Waals surface area contributed by atoms with Crippen molar-refractivity contribution in [2.45, 2.75) is 25.3 Å². The molecule has 0 saturated carbocycles. The highest BCUT2D eigenvalue weighted by molar-refractivity contribution is 7.72. The SMILES string of the molecule is CCN(CC)C(=N)N1CC[C]C1(P(=O)(O)O)P(=O)(O)O. The van der Waals surface area contributed by atoms with E-state index in [1.54, 1.807) is 13.8 Å². The Bertz CT molecular complexity index is 446. The summed E-state index contributed by atoms with van der Waals surface area (Å²) < 4.78 is 23.4. The Morgan fingerprint density at radius 2 is 1.70 bits per heavy atom. The maximum Gasteiger partial charge on any atom is 0.364 e. The zero-order chi connectivity index (χ0) is 15.8. The van der Waals surface area contributed by atoms with E-state index in [2.05, 4.69) is 6.42 Å². The lowest BCUT2D eigenvalue weighted by Crippen LogP contribution is -2.52. The first kappa shape index (κ1) is 17.6. The average molecular weight is 327 g/mol. The third-order valence-corrected chi connectivity index (χ3v) is 7.19. The maximum absolute atomic E-state index is 11.7. The van der Waals surface area contributed by atoms with Gasteiger partial charge in [-0.15, -0.1) is 0 Å². The lowest BCUT2D eigenvalue weighted by Gasteiger charge is -2.41. The molecule has 1 saturated heterocycles. The molecule has 0 unspecified atom stereocenters. The van der Waals surface area contributed by atoms with E-state index >= 15 is 0 Å². The molecule has 9 nitrogen and oxygen atoms in total. The zero-order valence-electron chi connectivity index (χ0n) is 11.2. The Kier molecular flexibility index (Phi) is 5.07. The molecule has 0 aliphatic carbocycles. The monoisotopic (exact) mass is 327 g/mol. The van der Waals surface area contributed by atoms with Gasteiger partial charge in [0.05, 0.1) is 0 Å². The van der Waals surface area contributed by atoms with Crippen LogP contribution in [0.3, 0.4) is 0 Å². The molecular weight excluding hydrogens is 308 g/mol. The molecule has 1 heterocycles. The molecular formula is C9H19N3O6P2. The highest BCUT2D eigenvalue weighted by Gasteiger charge is 2.67. The van der Waals surface area contributed by atoms with Crippen molar-refractivity contribution in [1.29, 1.82) is 5.41 Å². The summed E-state index contributed by atoms with van der Waals surface area (Å²) >= 11 is 0. The average Bonchev–Trinajstić information content (AvgIpc) is 2.74. The van der Waals surface area contributed by atoms with Gasteiger partial charge in [-0.05, 0) is 20.3 Å². The van der Waals surface area contributed by atoms with Crippen molar-refractivity contribution < 1.29 is 28.7 Å². The van der Waals surface area contributed by atoms with Gasteiger partial charge < -0.3 is 29.4 Å². The van der Waals surface area contributed by atoms with Crippen LogP contribution >= 0.6 is 15.2 Å². The van der Waals surface area contributed by atoms with Gasteiger partial charge in [0.15, 0.2) is 5.96 Å². The van der Waals surface area contributed by atoms with Crippen molar-refractivity contribution >= 4 is 21.2 Å². The second-order valence-electron chi connectivity index (χ2n) is 4.30.